The molecule has 0 saturated heterocycles. The molecule has 0 unspecified atom stereocenters. The molecule has 1 amide bonds. The molecule has 0 atom stereocenters. The molecule has 1 N–H and O–H groups in total. The van der Waals surface area contributed by atoms with Gasteiger partial charge in [-0.2, -0.15) is 18.3 Å². The van der Waals surface area contributed by atoms with Crippen molar-refractivity contribution in [1.82, 2.24) is 20.1 Å². The fraction of sp³-hybridized carbons (Fsp3) is 0.462. The van der Waals surface area contributed by atoms with Crippen molar-refractivity contribution >= 4 is 17.2 Å². The Kier molecular flexibility index (Phi) is 4.35. The topological polar surface area (TPSA) is 69.0 Å². The number of carbonyl (C=O) groups excluding carboxylic acids is 1. The van der Waals surface area contributed by atoms with Crippen molar-refractivity contribution in [3.8, 4) is 0 Å². The van der Waals surface area contributed by atoms with Gasteiger partial charge in [0.25, 0.3) is 0 Å². The van der Waals surface area contributed by atoms with Crippen molar-refractivity contribution in [2.45, 2.75) is 32.3 Å². The summed E-state index contributed by atoms with van der Waals surface area (Å²) in [7, 11) is 0. The van der Waals surface area contributed by atoms with E-state index in [-0.39, 0.29) is 25.3 Å². The average molecular weight is 346 g/mol. The number of amides is 1. The molecule has 0 aliphatic carbocycles. The van der Waals surface area contributed by atoms with Crippen LogP contribution in [-0.2, 0) is 41.8 Å². The maximum atomic E-state index is 13.0. The first-order valence-corrected chi connectivity index (χ1v) is 7.76. The zero-order valence-corrected chi connectivity index (χ0v) is 12.7. The van der Waals surface area contributed by atoms with E-state index in [1.54, 1.807) is 10.9 Å². The maximum Gasteiger partial charge on any atom is 0.435 e. The summed E-state index contributed by atoms with van der Waals surface area (Å²) < 4.78 is 45.3. The summed E-state index contributed by atoms with van der Waals surface area (Å²) in [6.07, 6.45) is -4.26. The van der Waals surface area contributed by atoms with Crippen molar-refractivity contribution < 1.29 is 22.7 Å². The van der Waals surface area contributed by atoms with Crippen LogP contribution in [0.2, 0.25) is 0 Å². The van der Waals surface area contributed by atoms with Crippen LogP contribution < -0.4 is 5.32 Å². The molecule has 3 heterocycles. The largest absolute Gasteiger partial charge is 0.435 e. The molecule has 0 bridgehead atoms. The minimum Gasteiger partial charge on any atom is -0.376 e. The summed E-state index contributed by atoms with van der Waals surface area (Å²) in [6.45, 7) is 0.157. The van der Waals surface area contributed by atoms with Crippen LogP contribution in [0.3, 0.4) is 0 Å². The van der Waals surface area contributed by atoms with E-state index in [2.05, 4.69) is 15.4 Å². The molecule has 0 aromatic carbocycles. The van der Waals surface area contributed by atoms with Crippen molar-refractivity contribution in [1.29, 1.82) is 0 Å². The van der Waals surface area contributed by atoms with Gasteiger partial charge in [0.2, 0.25) is 5.91 Å². The predicted octanol–water partition coefficient (Wildman–Crippen LogP) is 1.75. The van der Waals surface area contributed by atoms with E-state index in [0.717, 1.165) is 4.68 Å². The highest BCUT2D eigenvalue weighted by atomic mass is 32.1. The van der Waals surface area contributed by atoms with Gasteiger partial charge in [0.15, 0.2) is 5.69 Å². The number of thiazole rings is 1. The van der Waals surface area contributed by atoms with Gasteiger partial charge < -0.3 is 10.1 Å². The number of nitrogens with zero attached hydrogens (tertiary/aromatic N) is 3. The van der Waals surface area contributed by atoms with Crippen LogP contribution in [-0.4, -0.2) is 27.3 Å². The molecule has 1 aliphatic heterocycles. The lowest BCUT2D eigenvalue weighted by Gasteiger charge is -2.15. The molecule has 0 radical (unpaired) electrons. The quantitative estimate of drug-likeness (QED) is 0.916. The maximum absolute atomic E-state index is 13.0. The second kappa shape index (κ2) is 6.28. The number of hydrogen-bond donors (Lipinski definition) is 1. The molecule has 0 saturated carbocycles. The summed E-state index contributed by atoms with van der Waals surface area (Å²) in [5.74, 6) is -0.413. The van der Waals surface area contributed by atoms with E-state index in [0.29, 0.717) is 24.4 Å². The Morgan fingerprint density at radius 3 is 3.00 bits per heavy atom. The smallest absolute Gasteiger partial charge is 0.376 e. The van der Waals surface area contributed by atoms with Gasteiger partial charge in [0.05, 0.1) is 31.0 Å². The fourth-order valence-corrected chi connectivity index (χ4v) is 2.93. The lowest BCUT2D eigenvalue weighted by atomic mass is 10.1. The van der Waals surface area contributed by atoms with Crippen LogP contribution in [0.15, 0.2) is 10.9 Å². The molecule has 0 fully saturated rings. The summed E-state index contributed by atoms with van der Waals surface area (Å²) in [4.78, 5) is 16.0. The lowest BCUT2D eigenvalue weighted by Crippen LogP contribution is -2.29. The lowest BCUT2D eigenvalue weighted by molar-refractivity contribution is -0.143. The van der Waals surface area contributed by atoms with Crippen molar-refractivity contribution in [2.75, 3.05) is 6.61 Å². The van der Waals surface area contributed by atoms with E-state index in [4.69, 9.17) is 4.74 Å². The Hall–Kier alpha value is -1.94. The molecular weight excluding hydrogens is 333 g/mol. The normalized spacial score (nSPS) is 14.6. The number of halogens is 3. The average Bonchev–Trinajstić information content (AvgIpc) is 3.13. The molecule has 10 heteroatoms. The minimum absolute atomic E-state index is 0.0241. The predicted molar refractivity (Wildman–Crippen MR) is 74.5 cm³/mol. The fourth-order valence-electron chi connectivity index (χ4n) is 2.37. The van der Waals surface area contributed by atoms with E-state index < -0.39 is 17.8 Å². The number of alkyl halides is 3. The van der Waals surface area contributed by atoms with Gasteiger partial charge in [-0.3, -0.25) is 9.48 Å². The van der Waals surface area contributed by atoms with E-state index in [1.807, 2.05) is 0 Å². The van der Waals surface area contributed by atoms with Gasteiger partial charge in [-0.15, -0.1) is 11.3 Å². The summed E-state index contributed by atoms with van der Waals surface area (Å²) >= 11 is 1.40. The third-order valence-electron chi connectivity index (χ3n) is 3.41. The van der Waals surface area contributed by atoms with E-state index >= 15 is 0 Å². The van der Waals surface area contributed by atoms with Crippen LogP contribution >= 0.6 is 11.3 Å². The van der Waals surface area contributed by atoms with Crippen LogP contribution in [0.5, 0.6) is 0 Å². The number of hydrogen-bond acceptors (Lipinski definition) is 5. The standard InChI is InChI=1S/C13H13F3N4O2S/c14-13(15,16)12-9-5-22-2-1-10(9)20(19-12)4-11(21)17-3-8-6-23-7-18-8/h6-7H,1-5H2,(H,17,21). The number of nitrogens with one attached hydrogen (secondary N) is 1. The number of aromatic nitrogens is 3. The molecule has 0 spiro atoms. The highest BCUT2D eigenvalue weighted by Gasteiger charge is 2.40. The van der Waals surface area contributed by atoms with Crippen LogP contribution in [0.4, 0.5) is 13.2 Å². The second-order valence-electron chi connectivity index (χ2n) is 4.99. The Balaban J connectivity index is 1.74. The van der Waals surface area contributed by atoms with Crippen LogP contribution in [0.1, 0.15) is 22.6 Å². The highest BCUT2D eigenvalue weighted by Crippen LogP contribution is 2.34. The monoisotopic (exact) mass is 346 g/mol. The van der Waals surface area contributed by atoms with Crippen molar-refractivity contribution in [3.05, 3.63) is 33.5 Å². The third-order valence-corrected chi connectivity index (χ3v) is 4.04. The molecule has 2 aromatic heterocycles. The molecule has 2 aromatic rings. The van der Waals surface area contributed by atoms with Crippen molar-refractivity contribution in [3.63, 3.8) is 0 Å². The van der Waals surface area contributed by atoms with Gasteiger partial charge in [-0.1, -0.05) is 0 Å². The first-order valence-electron chi connectivity index (χ1n) is 6.82. The third kappa shape index (κ3) is 3.53. The van der Waals surface area contributed by atoms with Gasteiger partial charge in [-0.05, 0) is 0 Å². The number of carbonyl (C=O) groups is 1. The number of fused-ring (bicyclic) bond motifs is 1. The van der Waals surface area contributed by atoms with Crippen LogP contribution in [0, 0.1) is 0 Å². The molecule has 124 valence electrons. The summed E-state index contributed by atoms with van der Waals surface area (Å²) in [6, 6.07) is 0. The highest BCUT2D eigenvalue weighted by molar-refractivity contribution is 7.07. The van der Waals surface area contributed by atoms with Crippen molar-refractivity contribution in [2.24, 2.45) is 0 Å². The number of ether oxygens (including phenoxy) is 1. The zero-order valence-electron chi connectivity index (χ0n) is 11.9. The summed E-state index contributed by atoms with van der Waals surface area (Å²) in [5, 5.41) is 7.99. The first kappa shape index (κ1) is 15.9. The van der Waals surface area contributed by atoms with Gasteiger partial charge in [0.1, 0.15) is 6.54 Å². The molecular formula is C13H13F3N4O2S. The Labute approximate surface area is 133 Å². The Bertz CT molecular complexity index is 697. The van der Waals surface area contributed by atoms with Crippen LogP contribution in [0.25, 0.3) is 0 Å². The molecule has 1 aliphatic rings. The molecule has 6 nitrogen and oxygen atoms in total. The van der Waals surface area contributed by atoms with Gasteiger partial charge >= 0.3 is 6.18 Å². The molecule has 3 rings (SSSR count). The Morgan fingerprint density at radius 2 is 2.30 bits per heavy atom. The first-order chi connectivity index (χ1) is 10.9. The SMILES string of the molecule is O=C(Cn1nc(C(F)(F)F)c2c1CCOC2)NCc1cscn1. The minimum atomic E-state index is -4.56. The van der Waals surface area contributed by atoms with Gasteiger partial charge in [0, 0.05) is 23.1 Å². The molecule has 23 heavy (non-hydrogen) atoms. The second-order valence-corrected chi connectivity index (χ2v) is 5.71. The van der Waals surface area contributed by atoms with Gasteiger partial charge in [-0.25, -0.2) is 4.98 Å². The zero-order chi connectivity index (χ0) is 16.4. The summed E-state index contributed by atoms with van der Waals surface area (Å²) in [5.41, 5.74) is 1.80. The van der Waals surface area contributed by atoms with E-state index in [1.165, 1.54) is 11.3 Å². The Morgan fingerprint density at radius 1 is 1.48 bits per heavy atom. The number of rotatable bonds is 4. The van der Waals surface area contributed by atoms with E-state index in [9.17, 15) is 18.0 Å².